The minimum absolute atomic E-state index is 0.0957. The van der Waals surface area contributed by atoms with Gasteiger partial charge < -0.3 is 9.84 Å². The van der Waals surface area contributed by atoms with Crippen LogP contribution in [0, 0.1) is 17.7 Å². The van der Waals surface area contributed by atoms with Gasteiger partial charge in [0.25, 0.3) is 0 Å². The molecule has 2 aromatic carbocycles. The summed E-state index contributed by atoms with van der Waals surface area (Å²) >= 11 is 1.59. The first kappa shape index (κ1) is 20.5. The van der Waals surface area contributed by atoms with Crippen LogP contribution in [-0.2, 0) is 11.2 Å². The van der Waals surface area contributed by atoms with Crippen molar-refractivity contribution in [1.82, 2.24) is 10.1 Å². The molecule has 2 heterocycles. The molecular weight excluding hydrogens is 413 g/mol. The van der Waals surface area contributed by atoms with Gasteiger partial charge in [0.05, 0.1) is 4.88 Å². The predicted molar refractivity (Wildman–Crippen MR) is 118 cm³/mol. The van der Waals surface area contributed by atoms with Gasteiger partial charge in [0.15, 0.2) is 0 Å². The lowest BCUT2D eigenvalue weighted by Gasteiger charge is -2.05. The molecule has 1 amide bonds. The van der Waals surface area contributed by atoms with Crippen molar-refractivity contribution in [2.24, 2.45) is 0 Å². The number of hydrogen-bond donors (Lipinski definition) is 1. The van der Waals surface area contributed by atoms with Gasteiger partial charge in [-0.05, 0) is 60.3 Å². The van der Waals surface area contributed by atoms with Gasteiger partial charge in [0.1, 0.15) is 5.82 Å². The zero-order valence-electron chi connectivity index (χ0n) is 16.5. The summed E-state index contributed by atoms with van der Waals surface area (Å²) in [7, 11) is 0. The van der Waals surface area contributed by atoms with E-state index in [2.05, 4.69) is 27.3 Å². The Morgan fingerprint density at radius 1 is 1.10 bits per heavy atom. The Morgan fingerprint density at radius 2 is 1.97 bits per heavy atom. The molecule has 0 aliphatic rings. The first-order valence-electron chi connectivity index (χ1n) is 9.70. The summed E-state index contributed by atoms with van der Waals surface area (Å²) in [5.41, 5.74) is 2.22. The van der Waals surface area contributed by atoms with Gasteiger partial charge >= 0.3 is 0 Å². The van der Waals surface area contributed by atoms with Crippen LogP contribution in [-0.4, -0.2) is 16.0 Å². The van der Waals surface area contributed by atoms with Crippen LogP contribution in [0.1, 0.15) is 29.2 Å². The van der Waals surface area contributed by atoms with E-state index in [1.807, 2.05) is 41.8 Å². The van der Waals surface area contributed by atoms with Crippen molar-refractivity contribution in [1.29, 1.82) is 0 Å². The van der Waals surface area contributed by atoms with Gasteiger partial charge in [-0.15, -0.1) is 11.3 Å². The van der Waals surface area contributed by atoms with Crippen molar-refractivity contribution in [3.05, 3.63) is 88.2 Å². The smallest absolute Gasteiger partial charge is 0.226 e. The van der Waals surface area contributed by atoms with Crippen LogP contribution in [0.4, 0.5) is 10.1 Å². The van der Waals surface area contributed by atoms with E-state index in [-0.39, 0.29) is 11.7 Å². The Hall–Kier alpha value is -3.76. The van der Waals surface area contributed by atoms with Crippen LogP contribution < -0.4 is 5.32 Å². The molecule has 1 N–H and O–H groups in total. The molecule has 0 aliphatic carbocycles. The number of nitrogens with zero attached hydrogens (tertiary/aromatic N) is 2. The SMILES string of the molecule is O=C(CCCc1nc(-c2ccc(F)cc2)no1)Nc1cccc(C#Cc2cccs2)c1. The summed E-state index contributed by atoms with van der Waals surface area (Å²) in [4.78, 5) is 17.6. The number of halogens is 1. The molecule has 0 spiro atoms. The van der Waals surface area contributed by atoms with Crippen molar-refractivity contribution < 1.29 is 13.7 Å². The van der Waals surface area contributed by atoms with E-state index in [1.165, 1.54) is 12.1 Å². The average Bonchev–Trinajstić information content (AvgIpc) is 3.45. The van der Waals surface area contributed by atoms with E-state index < -0.39 is 0 Å². The lowest BCUT2D eigenvalue weighted by Crippen LogP contribution is -2.11. The Morgan fingerprint density at radius 3 is 2.77 bits per heavy atom. The quantitative estimate of drug-likeness (QED) is 0.421. The normalized spacial score (nSPS) is 10.4. The lowest BCUT2D eigenvalue weighted by molar-refractivity contribution is -0.116. The number of aromatic nitrogens is 2. The van der Waals surface area contributed by atoms with Gasteiger partial charge in [0.2, 0.25) is 17.6 Å². The highest BCUT2D eigenvalue weighted by Crippen LogP contribution is 2.17. The number of hydrogen-bond acceptors (Lipinski definition) is 5. The number of anilines is 1. The van der Waals surface area contributed by atoms with Crippen LogP contribution in [0.25, 0.3) is 11.4 Å². The van der Waals surface area contributed by atoms with Crippen molar-refractivity contribution in [2.75, 3.05) is 5.32 Å². The standard InChI is InChI=1S/C24H18FN3O2S/c25-19-12-10-18(11-13-19)24-27-23(30-28-24)8-2-7-22(29)26-20-5-1-4-17(16-20)9-14-21-6-3-15-31-21/h1,3-6,10-13,15-16H,2,7-8H2,(H,26,29). The Labute approximate surface area is 182 Å². The van der Waals surface area contributed by atoms with Crippen LogP contribution in [0.2, 0.25) is 0 Å². The second kappa shape index (κ2) is 9.83. The molecule has 5 nitrogen and oxygen atoms in total. The maximum atomic E-state index is 13.0. The fourth-order valence-electron chi connectivity index (χ4n) is 2.85. The van der Waals surface area contributed by atoms with Crippen molar-refractivity contribution in [3.8, 4) is 23.2 Å². The summed E-state index contributed by atoms with van der Waals surface area (Å²) < 4.78 is 18.2. The van der Waals surface area contributed by atoms with Crippen molar-refractivity contribution in [3.63, 3.8) is 0 Å². The monoisotopic (exact) mass is 431 g/mol. The van der Waals surface area contributed by atoms with E-state index in [0.29, 0.717) is 42.2 Å². The first-order chi connectivity index (χ1) is 15.2. The molecule has 0 saturated carbocycles. The molecule has 7 heteroatoms. The zero-order valence-corrected chi connectivity index (χ0v) is 17.3. The number of aryl methyl sites for hydroxylation is 1. The summed E-state index contributed by atoms with van der Waals surface area (Å²) in [5, 5.41) is 8.78. The molecule has 0 fully saturated rings. The Balaban J connectivity index is 1.27. The molecule has 0 radical (unpaired) electrons. The van der Waals surface area contributed by atoms with E-state index in [1.54, 1.807) is 23.5 Å². The Bertz CT molecular complexity index is 1220. The predicted octanol–water partition coefficient (Wildman–Crippen LogP) is 5.30. The fourth-order valence-corrected chi connectivity index (χ4v) is 3.43. The maximum Gasteiger partial charge on any atom is 0.226 e. The number of nitrogens with one attached hydrogen (secondary N) is 1. The van der Waals surface area contributed by atoms with E-state index in [9.17, 15) is 9.18 Å². The van der Waals surface area contributed by atoms with Crippen LogP contribution in [0.5, 0.6) is 0 Å². The molecule has 0 atom stereocenters. The van der Waals surface area contributed by atoms with E-state index in [0.717, 1.165) is 10.4 Å². The summed E-state index contributed by atoms with van der Waals surface area (Å²) in [6.45, 7) is 0. The van der Waals surface area contributed by atoms with Gasteiger partial charge in [-0.1, -0.05) is 29.1 Å². The number of thiophene rings is 1. The average molecular weight is 431 g/mol. The van der Waals surface area contributed by atoms with Gasteiger partial charge in [0, 0.05) is 29.7 Å². The van der Waals surface area contributed by atoms with E-state index in [4.69, 9.17) is 4.52 Å². The molecule has 4 rings (SSSR count). The molecule has 2 aromatic heterocycles. The molecule has 0 bridgehead atoms. The number of carbonyl (C=O) groups is 1. The number of carbonyl (C=O) groups excluding carboxylic acids is 1. The molecular formula is C24H18FN3O2S. The third-order valence-electron chi connectivity index (χ3n) is 4.36. The highest BCUT2D eigenvalue weighted by molar-refractivity contribution is 7.10. The second-order valence-corrected chi connectivity index (χ2v) is 7.68. The van der Waals surface area contributed by atoms with Gasteiger partial charge in [-0.25, -0.2) is 4.39 Å². The topological polar surface area (TPSA) is 68.0 Å². The summed E-state index contributed by atoms with van der Waals surface area (Å²) in [5.74, 6) is 6.64. The summed E-state index contributed by atoms with van der Waals surface area (Å²) in [6.07, 6.45) is 1.36. The lowest BCUT2D eigenvalue weighted by atomic mass is 10.2. The van der Waals surface area contributed by atoms with Crippen molar-refractivity contribution >= 4 is 22.9 Å². The molecule has 0 aliphatic heterocycles. The zero-order chi connectivity index (χ0) is 21.5. The number of benzene rings is 2. The van der Waals surface area contributed by atoms with E-state index >= 15 is 0 Å². The minimum Gasteiger partial charge on any atom is -0.339 e. The van der Waals surface area contributed by atoms with Gasteiger partial charge in [-0.2, -0.15) is 4.98 Å². The largest absolute Gasteiger partial charge is 0.339 e. The van der Waals surface area contributed by atoms with Gasteiger partial charge in [-0.3, -0.25) is 4.79 Å². The fraction of sp³-hybridized carbons (Fsp3) is 0.125. The van der Waals surface area contributed by atoms with Crippen LogP contribution >= 0.6 is 11.3 Å². The third-order valence-corrected chi connectivity index (χ3v) is 5.15. The van der Waals surface area contributed by atoms with Crippen LogP contribution in [0.15, 0.2) is 70.6 Å². The number of rotatable bonds is 6. The molecule has 4 aromatic rings. The number of amides is 1. The minimum atomic E-state index is -0.321. The molecule has 31 heavy (non-hydrogen) atoms. The molecule has 0 unspecified atom stereocenters. The molecule has 0 saturated heterocycles. The molecule has 154 valence electrons. The highest BCUT2D eigenvalue weighted by Gasteiger charge is 2.10. The Kier molecular flexibility index (Phi) is 6.50. The first-order valence-corrected chi connectivity index (χ1v) is 10.6. The highest BCUT2D eigenvalue weighted by atomic mass is 32.1. The maximum absolute atomic E-state index is 13.0. The second-order valence-electron chi connectivity index (χ2n) is 6.73. The van der Waals surface area contributed by atoms with Crippen LogP contribution in [0.3, 0.4) is 0 Å². The summed E-state index contributed by atoms with van der Waals surface area (Å²) in [6, 6.07) is 17.3. The third kappa shape index (κ3) is 5.87. The van der Waals surface area contributed by atoms with Crippen molar-refractivity contribution in [2.45, 2.75) is 19.3 Å².